The summed E-state index contributed by atoms with van der Waals surface area (Å²) in [4.78, 5) is 29.0. The molecule has 0 spiro atoms. The zero-order chi connectivity index (χ0) is 18.5. The molecule has 2 heterocycles. The van der Waals surface area contributed by atoms with Crippen LogP contribution in [-0.4, -0.2) is 67.0 Å². The van der Waals surface area contributed by atoms with Gasteiger partial charge in [-0.05, 0) is 44.9 Å². The van der Waals surface area contributed by atoms with E-state index in [1.807, 2.05) is 41.0 Å². The number of rotatable bonds is 4. The molecule has 0 aliphatic carbocycles. The van der Waals surface area contributed by atoms with Crippen molar-refractivity contribution in [3.05, 3.63) is 29.8 Å². The second-order valence-electron chi connectivity index (χ2n) is 7.22. The van der Waals surface area contributed by atoms with Gasteiger partial charge in [0.1, 0.15) is 5.75 Å². The Hall–Kier alpha value is -2.08. The highest BCUT2D eigenvalue weighted by molar-refractivity contribution is 5.82. The van der Waals surface area contributed by atoms with Crippen molar-refractivity contribution < 1.29 is 14.3 Å². The Morgan fingerprint density at radius 2 is 1.85 bits per heavy atom. The van der Waals surface area contributed by atoms with Crippen molar-refractivity contribution in [2.75, 3.05) is 39.3 Å². The molecule has 2 unspecified atom stereocenters. The van der Waals surface area contributed by atoms with Crippen molar-refractivity contribution in [2.24, 2.45) is 5.92 Å². The number of ether oxygens (including phenoxy) is 1. The summed E-state index contributed by atoms with van der Waals surface area (Å²) < 4.78 is 5.85. The lowest BCUT2D eigenvalue weighted by molar-refractivity contribution is -0.145. The van der Waals surface area contributed by atoms with Gasteiger partial charge in [-0.25, -0.2) is 0 Å². The van der Waals surface area contributed by atoms with Crippen LogP contribution in [0.1, 0.15) is 25.3 Å². The summed E-state index contributed by atoms with van der Waals surface area (Å²) in [6.45, 7) is 7.91. The molecule has 6 heteroatoms. The van der Waals surface area contributed by atoms with E-state index in [2.05, 4.69) is 5.32 Å². The van der Waals surface area contributed by atoms with Crippen LogP contribution in [0.15, 0.2) is 24.3 Å². The molecule has 2 aliphatic rings. The Kier molecular flexibility index (Phi) is 6.14. The number of carbonyl (C=O) groups excluding carboxylic acids is 2. The number of aryl methyl sites for hydroxylation is 1. The van der Waals surface area contributed by atoms with Crippen LogP contribution in [0.4, 0.5) is 0 Å². The highest BCUT2D eigenvalue weighted by Crippen LogP contribution is 2.19. The molecule has 2 amide bonds. The van der Waals surface area contributed by atoms with Gasteiger partial charge in [0.05, 0.1) is 5.92 Å². The van der Waals surface area contributed by atoms with E-state index < -0.39 is 6.10 Å². The predicted molar refractivity (Wildman–Crippen MR) is 100 cm³/mol. The van der Waals surface area contributed by atoms with Crippen LogP contribution in [0.25, 0.3) is 0 Å². The van der Waals surface area contributed by atoms with Crippen LogP contribution in [0.5, 0.6) is 5.75 Å². The fourth-order valence-corrected chi connectivity index (χ4v) is 3.65. The van der Waals surface area contributed by atoms with Gasteiger partial charge in [0.25, 0.3) is 5.91 Å². The van der Waals surface area contributed by atoms with Gasteiger partial charge in [-0.2, -0.15) is 0 Å². The average Bonchev–Trinajstić information content (AvgIpc) is 2.69. The number of piperidine rings is 1. The standard InChI is InChI=1S/C20H29N3O3/c1-15-6-3-4-8-18(15)26-16(2)19(24)22-10-12-23(13-11-22)20(25)17-7-5-9-21-14-17/h3-4,6,8,16-17,21H,5,7,9-14H2,1-2H3. The topological polar surface area (TPSA) is 61.9 Å². The number of nitrogens with zero attached hydrogens (tertiary/aromatic N) is 2. The number of amides is 2. The van der Waals surface area contributed by atoms with Crippen LogP contribution in [0.2, 0.25) is 0 Å². The Bertz CT molecular complexity index is 635. The fraction of sp³-hybridized carbons (Fsp3) is 0.600. The lowest BCUT2D eigenvalue weighted by atomic mass is 9.98. The maximum atomic E-state index is 12.7. The highest BCUT2D eigenvalue weighted by atomic mass is 16.5. The van der Waals surface area contributed by atoms with Crippen LogP contribution < -0.4 is 10.1 Å². The molecule has 1 aromatic rings. The minimum atomic E-state index is -0.527. The summed E-state index contributed by atoms with van der Waals surface area (Å²) in [5.41, 5.74) is 1.02. The van der Waals surface area contributed by atoms with Crippen LogP contribution in [0.3, 0.4) is 0 Å². The molecule has 3 rings (SSSR count). The van der Waals surface area contributed by atoms with Gasteiger partial charge < -0.3 is 19.9 Å². The fourth-order valence-electron chi connectivity index (χ4n) is 3.65. The molecule has 6 nitrogen and oxygen atoms in total. The van der Waals surface area contributed by atoms with Gasteiger partial charge >= 0.3 is 0 Å². The second-order valence-corrected chi connectivity index (χ2v) is 7.22. The zero-order valence-electron chi connectivity index (χ0n) is 15.7. The van der Waals surface area contributed by atoms with E-state index in [1.165, 1.54) is 0 Å². The molecular weight excluding hydrogens is 330 g/mol. The summed E-state index contributed by atoms with van der Waals surface area (Å²) in [6.07, 6.45) is 1.50. The molecule has 0 aromatic heterocycles. The monoisotopic (exact) mass is 359 g/mol. The smallest absolute Gasteiger partial charge is 0.263 e. The third-order valence-corrected chi connectivity index (χ3v) is 5.29. The van der Waals surface area contributed by atoms with E-state index >= 15 is 0 Å². The molecule has 2 fully saturated rings. The Balaban J connectivity index is 1.50. The van der Waals surface area contributed by atoms with E-state index in [1.54, 1.807) is 6.92 Å². The van der Waals surface area contributed by atoms with Gasteiger partial charge in [0.15, 0.2) is 6.10 Å². The molecule has 142 valence electrons. The molecule has 0 saturated carbocycles. The molecule has 0 bridgehead atoms. The zero-order valence-corrected chi connectivity index (χ0v) is 15.7. The van der Waals surface area contributed by atoms with Crippen molar-refractivity contribution in [2.45, 2.75) is 32.8 Å². The number of piperazine rings is 1. The van der Waals surface area contributed by atoms with Gasteiger partial charge in [0.2, 0.25) is 5.91 Å². The maximum Gasteiger partial charge on any atom is 0.263 e. The van der Waals surface area contributed by atoms with Gasteiger partial charge in [-0.1, -0.05) is 18.2 Å². The second kappa shape index (κ2) is 8.54. The first-order valence-corrected chi connectivity index (χ1v) is 9.57. The van der Waals surface area contributed by atoms with Gasteiger partial charge in [0, 0.05) is 32.7 Å². The summed E-state index contributed by atoms with van der Waals surface area (Å²) in [5, 5.41) is 3.30. The van der Waals surface area contributed by atoms with Crippen molar-refractivity contribution in [3.63, 3.8) is 0 Å². The minimum absolute atomic E-state index is 0.0142. The quantitative estimate of drug-likeness (QED) is 0.884. The molecule has 2 saturated heterocycles. The number of hydrogen-bond acceptors (Lipinski definition) is 4. The third kappa shape index (κ3) is 4.36. The molecule has 1 N–H and O–H groups in total. The molecule has 0 radical (unpaired) electrons. The molecule has 1 aromatic carbocycles. The van der Waals surface area contributed by atoms with Gasteiger partial charge in [-0.3, -0.25) is 9.59 Å². The number of nitrogens with one attached hydrogen (secondary N) is 1. The van der Waals surface area contributed by atoms with E-state index in [4.69, 9.17) is 4.74 Å². The Morgan fingerprint density at radius 1 is 1.15 bits per heavy atom. The minimum Gasteiger partial charge on any atom is -0.481 e. The van der Waals surface area contributed by atoms with Crippen LogP contribution >= 0.6 is 0 Å². The van der Waals surface area contributed by atoms with Crippen molar-refractivity contribution in [1.82, 2.24) is 15.1 Å². The van der Waals surface area contributed by atoms with E-state index in [-0.39, 0.29) is 17.7 Å². The lowest BCUT2D eigenvalue weighted by Gasteiger charge is -2.38. The largest absolute Gasteiger partial charge is 0.481 e. The number of para-hydroxylation sites is 1. The number of benzene rings is 1. The molecule has 2 aliphatic heterocycles. The summed E-state index contributed by atoms with van der Waals surface area (Å²) in [6, 6.07) is 7.71. The average molecular weight is 359 g/mol. The third-order valence-electron chi connectivity index (χ3n) is 5.29. The number of carbonyl (C=O) groups is 2. The van der Waals surface area contributed by atoms with Crippen molar-refractivity contribution in [1.29, 1.82) is 0 Å². The van der Waals surface area contributed by atoms with E-state index in [0.717, 1.165) is 37.2 Å². The van der Waals surface area contributed by atoms with Crippen LogP contribution in [-0.2, 0) is 9.59 Å². The first-order valence-electron chi connectivity index (χ1n) is 9.57. The summed E-state index contributed by atoms with van der Waals surface area (Å²) >= 11 is 0. The first-order chi connectivity index (χ1) is 12.6. The van der Waals surface area contributed by atoms with Crippen molar-refractivity contribution in [3.8, 4) is 5.75 Å². The highest BCUT2D eigenvalue weighted by Gasteiger charge is 2.31. The lowest BCUT2D eigenvalue weighted by Crippen LogP contribution is -2.55. The first kappa shape index (κ1) is 18.7. The maximum absolute atomic E-state index is 12.7. The van der Waals surface area contributed by atoms with E-state index in [9.17, 15) is 9.59 Å². The number of hydrogen-bond donors (Lipinski definition) is 1. The molecule has 26 heavy (non-hydrogen) atoms. The summed E-state index contributed by atoms with van der Waals surface area (Å²) in [7, 11) is 0. The SMILES string of the molecule is Cc1ccccc1OC(C)C(=O)N1CCN(C(=O)C2CCCNC2)CC1. The Labute approximate surface area is 155 Å². The van der Waals surface area contributed by atoms with Crippen LogP contribution in [0, 0.1) is 12.8 Å². The predicted octanol–water partition coefficient (Wildman–Crippen LogP) is 1.43. The van der Waals surface area contributed by atoms with Crippen molar-refractivity contribution >= 4 is 11.8 Å². The van der Waals surface area contributed by atoms with Gasteiger partial charge in [-0.15, -0.1) is 0 Å². The summed E-state index contributed by atoms with van der Waals surface area (Å²) in [5.74, 6) is 1.05. The molecule has 2 atom stereocenters. The van der Waals surface area contributed by atoms with E-state index in [0.29, 0.717) is 26.2 Å². The normalized spacial score (nSPS) is 22.0. The molecular formula is C20H29N3O3. The Morgan fingerprint density at radius 3 is 2.50 bits per heavy atom.